The SMILES string of the molecule is CC(C)(C)OC(=O)NOCc1cccc(OS(=O)(=O)F)c1. The quantitative estimate of drug-likeness (QED) is 0.660. The molecule has 1 amide bonds. The monoisotopic (exact) mass is 321 g/mol. The van der Waals surface area contributed by atoms with Gasteiger partial charge in [-0.2, -0.15) is 13.9 Å². The van der Waals surface area contributed by atoms with E-state index in [2.05, 4.69) is 9.66 Å². The normalized spacial score (nSPS) is 11.8. The van der Waals surface area contributed by atoms with Crippen LogP contribution in [0.2, 0.25) is 0 Å². The summed E-state index contributed by atoms with van der Waals surface area (Å²) < 4.78 is 42.1. The molecule has 1 N–H and O–H groups in total. The molecule has 1 aromatic carbocycles. The van der Waals surface area contributed by atoms with Crippen molar-refractivity contribution in [1.82, 2.24) is 5.48 Å². The van der Waals surface area contributed by atoms with Gasteiger partial charge in [0.25, 0.3) is 0 Å². The fourth-order valence-corrected chi connectivity index (χ4v) is 1.61. The third kappa shape index (κ3) is 8.10. The van der Waals surface area contributed by atoms with E-state index in [1.165, 1.54) is 18.2 Å². The van der Waals surface area contributed by atoms with Gasteiger partial charge in [0, 0.05) is 0 Å². The fourth-order valence-electron chi connectivity index (χ4n) is 1.28. The van der Waals surface area contributed by atoms with Crippen LogP contribution in [-0.4, -0.2) is 20.1 Å². The summed E-state index contributed by atoms with van der Waals surface area (Å²) >= 11 is 0. The number of benzene rings is 1. The first-order valence-electron chi connectivity index (χ1n) is 5.89. The summed E-state index contributed by atoms with van der Waals surface area (Å²) in [4.78, 5) is 16.2. The van der Waals surface area contributed by atoms with E-state index >= 15 is 0 Å². The first-order valence-corrected chi connectivity index (χ1v) is 7.20. The van der Waals surface area contributed by atoms with Crippen LogP contribution in [-0.2, 0) is 26.7 Å². The molecule has 21 heavy (non-hydrogen) atoms. The highest BCUT2D eigenvalue weighted by atomic mass is 32.3. The molecular formula is C12H16FNO6S. The molecule has 0 aliphatic rings. The van der Waals surface area contributed by atoms with Gasteiger partial charge in [-0.05, 0) is 38.5 Å². The summed E-state index contributed by atoms with van der Waals surface area (Å²) in [6.45, 7) is 5.02. The average molecular weight is 321 g/mol. The highest BCUT2D eigenvalue weighted by Crippen LogP contribution is 2.16. The number of ether oxygens (including phenoxy) is 1. The zero-order chi connectivity index (χ0) is 16.1. The van der Waals surface area contributed by atoms with Crippen LogP contribution >= 0.6 is 0 Å². The molecule has 0 atom stereocenters. The second kappa shape index (κ2) is 6.72. The van der Waals surface area contributed by atoms with Crippen LogP contribution < -0.4 is 9.66 Å². The Balaban J connectivity index is 2.49. The van der Waals surface area contributed by atoms with E-state index < -0.39 is 22.2 Å². The predicted octanol–water partition coefficient (Wildman–Crippen LogP) is 2.24. The Kier molecular flexibility index (Phi) is 5.50. The number of carbonyl (C=O) groups is 1. The molecule has 0 bridgehead atoms. The summed E-state index contributed by atoms with van der Waals surface area (Å²) in [5, 5.41) is 0. The second-order valence-electron chi connectivity index (χ2n) is 5.02. The third-order valence-electron chi connectivity index (χ3n) is 1.89. The number of halogens is 1. The molecule has 0 fully saturated rings. The number of rotatable bonds is 5. The summed E-state index contributed by atoms with van der Waals surface area (Å²) in [5.74, 6) is -0.198. The lowest BCUT2D eigenvalue weighted by atomic mass is 10.2. The van der Waals surface area contributed by atoms with Crippen molar-refractivity contribution in [1.29, 1.82) is 0 Å². The van der Waals surface area contributed by atoms with Crippen molar-refractivity contribution in [3.8, 4) is 5.75 Å². The van der Waals surface area contributed by atoms with Gasteiger partial charge in [0.05, 0.1) is 0 Å². The minimum atomic E-state index is -5.08. The Labute approximate surface area is 122 Å². The van der Waals surface area contributed by atoms with Crippen molar-refractivity contribution in [2.45, 2.75) is 33.0 Å². The molecule has 1 aromatic rings. The standard InChI is InChI=1S/C12H16FNO6S/c1-12(2,3)19-11(15)14-18-8-9-5-4-6-10(7-9)20-21(13,16)17/h4-7H,8H2,1-3H3,(H,14,15). The number of amides is 1. The molecule has 0 spiro atoms. The van der Waals surface area contributed by atoms with Gasteiger partial charge >= 0.3 is 16.6 Å². The molecule has 0 aromatic heterocycles. The first-order chi connectivity index (χ1) is 9.55. The van der Waals surface area contributed by atoms with Crippen LogP contribution in [0, 0.1) is 0 Å². The van der Waals surface area contributed by atoms with Crippen LogP contribution in [0.4, 0.5) is 8.68 Å². The van der Waals surface area contributed by atoms with E-state index in [-0.39, 0.29) is 12.4 Å². The zero-order valence-corrected chi connectivity index (χ0v) is 12.6. The highest BCUT2D eigenvalue weighted by molar-refractivity contribution is 7.81. The topological polar surface area (TPSA) is 90.9 Å². The van der Waals surface area contributed by atoms with Gasteiger partial charge < -0.3 is 8.92 Å². The number of hydroxylamine groups is 1. The van der Waals surface area contributed by atoms with Crippen LogP contribution in [0.15, 0.2) is 24.3 Å². The first kappa shape index (κ1) is 17.2. The van der Waals surface area contributed by atoms with Crippen molar-refractivity contribution in [3.05, 3.63) is 29.8 Å². The minimum Gasteiger partial charge on any atom is -0.442 e. The Morgan fingerprint density at radius 1 is 1.33 bits per heavy atom. The predicted molar refractivity (Wildman–Crippen MR) is 71.3 cm³/mol. The molecule has 0 aliphatic heterocycles. The molecule has 0 saturated carbocycles. The Morgan fingerprint density at radius 2 is 2.00 bits per heavy atom. The zero-order valence-electron chi connectivity index (χ0n) is 11.8. The van der Waals surface area contributed by atoms with E-state index in [4.69, 9.17) is 9.57 Å². The van der Waals surface area contributed by atoms with Crippen LogP contribution in [0.1, 0.15) is 26.3 Å². The summed E-state index contributed by atoms with van der Waals surface area (Å²) in [7, 11) is -5.08. The number of nitrogens with one attached hydrogen (secondary N) is 1. The highest BCUT2D eigenvalue weighted by Gasteiger charge is 2.16. The Bertz CT molecular complexity index is 596. The van der Waals surface area contributed by atoms with Crippen molar-refractivity contribution < 1.29 is 30.9 Å². The van der Waals surface area contributed by atoms with Gasteiger partial charge in [-0.25, -0.2) is 4.79 Å². The number of carbonyl (C=O) groups excluding carboxylic acids is 1. The minimum absolute atomic E-state index is 0.0806. The lowest BCUT2D eigenvalue weighted by Crippen LogP contribution is -2.32. The smallest absolute Gasteiger partial charge is 0.442 e. The van der Waals surface area contributed by atoms with E-state index in [1.54, 1.807) is 26.8 Å². The number of hydrogen-bond acceptors (Lipinski definition) is 6. The van der Waals surface area contributed by atoms with Crippen molar-refractivity contribution in [3.63, 3.8) is 0 Å². The molecule has 0 aliphatic carbocycles. The molecule has 0 unspecified atom stereocenters. The Hall–Kier alpha value is -1.87. The summed E-state index contributed by atoms with van der Waals surface area (Å²) in [6, 6.07) is 5.55. The lowest BCUT2D eigenvalue weighted by Gasteiger charge is -2.19. The Morgan fingerprint density at radius 3 is 2.57 bits per heavy atom. The maximum Gasteiger partial charge on any atom is 0.488 e. The molecule has 7 nitrogen and oxygen atoms in total. The maximum atomic E-state index is 12.4. The second-order valence-corrected chi connectivity index (χ2v) is 5.97. The van der Waals surface area contributed by atoms with Crippen LogP contribution in [0.5, 0.6) is 5.75 Å². The van der Waals surface area contributed by atoms with E-state index in [0.717, 1.165) is 0 Å². The van der Waals surface area contributed by atoms with Gasteiger partial charge in [0.1, 0.15) is 18.0 Å². The van der Waals surface area contributed by atoms with Crippen molar-refractivity contribution in [2.24, 2.45) is 0 Å². The molecule has 118 valence electrons. The third-order valence-corrected chi connectivity index (χ3v) is 2.28. The lowest BCUT2D eigenvalue weighted by molar-refractivity contribution is -0.0137. The summed E-state index contributed by atoms with van der Waals surface area (Å²) in [5.41, 5.74) is 1.87. The maximum absolute atomic E-state index is 12.4. The fraction of sp³-hybridized carbons (Fsp3) is 0.417. The largest absolute Gasteiger partial charge is 0.488 e. The molecule has 0 heterocycles. The molecule has 9 heteroatoms. The average Bonchev–Trinajstić information content (AvgIpc) is 2.24. The van der Waals surface area contributed by atoms with Gasteiger partial charge in [-0.3, -0.25) is 4.84 Å². The van der Waals surface area contributed by atoms with Gasteiger partial charge in [-0.1, -0.05) is 16.0 Å². The van der Waals surface area contributed by atoms with E-state index in [1.807, 2.05) is 0 Å². The van der Waals surface area contributed by atoms with Crippen LogP contribution in [0.3, 0.4) is 0 Å². The van der Waals surface area contributed by atoms with Gasteiger partial charge in [-0.15, -0.1) is 0 Å². The van der Waals surface area contributed by atoms with Crippen molar-refractivity contribution >= 4 is 16.6 Å². The van der Waals surface area contributed by atoms with Gasteiger partial charge in [0.15, 0.2) is 0 Å². The summed E-state index contributed by atoms with van der Waals surface area (Å²) in [6.07, 6.45) is -0.763. The van der Waals surface area contributed by atoms with Crippen LogP contribution in [0.25, 0.3) is 0 Å². The molecule has 0 radical (unpaired) electrons. The van der Waals surface area contributed by atoms with E-state index in [0.29, 0.717) is 5.56 Å². The van der Waals surface area contributed by atoms with Crippen molar-refractivity contribution in [2.75, 3.05) is 0 Å². The molecule has 1 rings (SSSR count). The molecular weight excluding hydrogens is 305 g/mol. The number of hydrogen-bond donors (Lipinski definition) is 1. The molecule has 0 saturated heterocycles. The van der Waals surface area contributed by atoms with E-state index in [9.17, 15) is 17.1 Å². The van der Waals surface area contributed by atoms with Gasteiger partial charge in [0.2, 0.25) is 0 Å².